The van der Waals surface area contributed by atoms with Crippen molar-refractivity contribution in [3.05, 3.63) is 36.2 Å². The van der Waals surface area contributed by atoms with Crippen LogP contribution in [0.3, 0.4) is 0 Å². The van der Waals surface area contributed by atoms with Crippen molar-refractivity contribution in [2.75, 3.05) is 38.5 Å². The van der Waals surface area contributed by atoms with E-state index < -0.39 is 0 Å². The molecular formula is C21H29N5O2S. The Kier molecular flexibility index (Phi) is 6.84. The van der Waals surface area contributed by atoms with Gasteiger partial charge in [-0.2, -0.15) is 0 Å². The van der Waals surface area contributed by atoms with Crippen molar-refractivity contribution in [3.8, 4) is 5.69 Å². The average Bonchev–Trinajstić information content (AvgIpc) is 3.15. The van der Waals surface area contributed by atoms with E-state index in [0.717, 1.165) is 36.3 Å². The van der Waals surface area contributed by atoms with E-state index in [1.165, 1.54) is 31.0 Å². The third kappa shape index (κ3) is 5.18. The molecule has 1 amide bonds. The summed E-state index contributed by atoms with van der Waals surface area (Å²) in [6.45, 7) is 6.94. The lowest BCUT2D eigenvalue weighted by Gasteiger charge is -2.31. The molecule has 1 unspecified atom stereocenters. The van der Waals surface area contributed by atoms with Crippen LogP contribution in [-0.4, -0.2) is 75.1 Å². The molecule has 0 aliphatic carbocycles. The second-order valence-electron chi connectivity index (χ2n) is 7.72. The zero-order valence-corrected chi connectivity index (χ0v) is 17.8. The topological polar surface area (TPSA) is 63.5 Å². The van der Waals surface area contributed by atoms with Crippen molar-refractivity contribution in [2.24, 2.45) is 0 Å². The summed E-state index contributed by atoms with van der Waals surface area (Å²) in [5.74, 6) is 1.43. The fraction of sp³-hybridized carbons (Fsp3) is 0.571. The highest BCUT2D eigenvalue weighted by atomic mass is 32.2. The minimum atomic E-state index is 0.0989. The molecule has 2 aromatic rings. The Balaban J connectivity index is 1.49. The molecule has 3 heterocycles. The number of carbonyl (C=O) groups is 1. The predicted octanol–water partition coefficient (Wildman–Crippen LogP) is 2.59. The molecule has 0 bridgehead atoms. The van der Waals surface area contributed by atoms with E-state index in [1.54, 1.807) is 0 Å². The van der Waals surface area contributed by atoms with Gasteiger partial charge in [0.25, 0.3) is 0 Å². The van der Waals surface area contributed by atoms with Gasteiger partial charge in [0.2, 0.25) is 5.91 Å². The van der Waals surface area contributed by atoms with Crippen molar-refractivity contribution in [1.82, 2.24) is 24.6 Å². The first kappa shape index (κ1) is 20.4. The highest BCUT2D eigenvalue weighted by Gasteiger charge is 2.23. The summed E-state index contributed by atoms with van der Waals surface area (Å²) in [7, 11) is 0. The normalized spacial score (nSPS) is 20.7. The van der Waals surface area contributed by atoms with Crippen LogP contribution in [0.1, 0.15) is 32.0 Å². The van der Waals surface area contributed by atoms with E-state index in [-0.39, 0.29) is 12.0 Å². The van der Waals surface area contributed by atoms with Crippen LogP contribution in [0, 0.1) is 0 Å². The molecule has 2 fully saturated rings. The van der Waals surface area contributed by atoms with Crippen LogP contribution >= 0.6 is 11.8 Å². The van der Waals surface area contributed by atoms with Gasteiger partial charge >= 0.3 is 0 Å². The first-order chi connectivity index (χ1) is 14.2. The first-order valence-corrected chi connectivity index (χ1v) is 11.4. The van der Waals surface area contributed by atoms with E-state index in [4.69, 9.17) is 4.74 Å². The molecule has 0 N–H and O–H groups in total. The number of hydrogen-bond acceptors (Lipinski definition) is 6. The molecule has 1 aromatic carbocycles. The van der Waals surface area contributed by atoms with Crippen LogP contribution in [0.15, 0.2) is 35.5 Å². The lowest BCUT2D eigenvalue weighted by atomic mass is 10.1. The SMILES string of the molecule is CC1CN(C(=O)CSc2nnc(CN3CCCCC3)n2-c2ccccc2)CCO1. The molecule has 29 heavy (non-hydrogen) atoms. The van der Waals surface area contributed by atoms with Gasteiger partial charge < -0.3 is 9.64 Å². The smallest absolute Gasteiger partial charge is 0.233 e. The summed E-state index contributed by atoms with van der Waals surface area (Å²) in [5.41, 5.74) is 1.04. The zero-order chi connectivity index (χ0) is 20.1. The van der Waals surface area contributed by atoms with Crippen molar-refractivity contribution in [2.45, 2.75) is 44.0 Å². The summed E-state index contributed by atoms with van der Waals surface area (Å²) < 4.78 is 7.65. The van der Waals surface area contributed by atoms with Gasteiger partial charge in [-0.1, -0.05) is 36.4 Å². The van der Waals surface area contributed by atoms with Gasteiger partial charge in [0.1, 0.15) is 0 Å². The number of piperidine rings is 1. The molecular weight excluding hydrogens is 386 g/mol. The number of morpholine rings is 1. The minimum Gasteiger partial charge on any atom is -0.375 e. The van der Waals surface area contributed by atoms with Crippen molar-refractivity contribution >= 4 is 17.7 Å². The van der Waals surface area contributed by atoms with E-state index >= 15 is 0 Å². The van der Waals surface area contributed by atoms with Crippen molar-refractivity contribution in [1.29, 1.82) is 0 Å². The van der Waals surface area contributed by atoms with Gasteiger partial charge in [-0.15, -0.1) is 10.2 Å². The number of hydrogen-bond donors (Lipinski definition) is 0. The summed E-state index contributed by atoms with van der Waals surface area (Å²) in [6, 6.07) is 10.2. The highest BCUT2D eigenvalue weighted by Crippen LogP contribution is 2.24. The Bertz CT molecular complexity index is 807. The summed E-state index contributed by atoms with van der Waals surface area (Å²) in [5, 5.41) is 9.71. The maximum Gasteiger partial charge on any atom is 0.233 e. The maximum atomic E-state index is 12.7. The number of benzene rings is 1. The van der Waals surface area contributed by atoms with Crippen LogP contribution in [0.4, 0.5) is 0 Å². The van der Waals surface area contributed by atoms with Crippen LogP contribution in [0.2, 0.25) is 0 Å². The number of likely N-dealkylation sites (tertiary alicyclic amines) is 1. The van der Waals surface area contributed by atoms with Gasteiger partial charge in [0.05, 0.1) is 25.0 Å². The number of carbonyl (C=O) groups excluding carboxylic acids is 1. The van der Waals surface area contributed by atoms with Gasteiger partial charge in [-0.05, 0) is 45.0 Å². The average molecular weight is 416 g/mol. The minimum absolute atomic E-state index is 0.0989. The van der Waals surface area contributed by atoms with Gasteiger partial charge in [0, 0.05) is 18.8 Å². The molecule has 8 heteroatoms. The second-order valence-corrected chi connectivity index (χ2v) is 8.66. The number of aromatic nitrogens is 3. The standard InChI is InChI=1S/C21H29N5O2S/c1-17-14-25(12-13-28-17)20(27)16-29-21-23-22-19(15-24-10-6-3-7-11-24)26(21)18-8-4-2-5-9-18/h2,4-5,8-9,17H,3,6-7,10-16H2,1H3. The van der Waals surface area contributed by atoms with Crippen molar-refractivity contribution < 1.29 is 9.53 Å². The van der Waals surface area contributed by atoms with Gasteiger partial charge in [0.15, 0.2) is 11.0 Å². The molecule has 1 aromatic heterocycles. The van der Waals surface area contributed by atoms with E-state index in [2.05, 4.69) is 31.8 Å². The number of rotatable bonds is 6. The monoisotopic (exact) mass is 415 g/mol. The molecule has 156 valence electrons. The Morgan fingerprint density at radius 3 is 2.69 bits per heavy atom. The van der Waals surface area contributed by atoms with Crippen LogP contribution in [-0.2, 0) is 16.1 Å². The predicted molar refractivity (Wildman–Crippen MR) is 113 cm³/mol. The van der Waals surface area contributed by atoms with Gasteiger partial charge in [-0.25, -0.2) is 0 Å². The maximum absolute atomic E-state index is 12.7. The Hall–Kier alpha value is -1.90. The van der Waals surface area contributed by atoms with Crippen LogP contribution in [0.5, 0.6) is 0 Å². The molecule has 2 saturated heterocycles. The third-order valence-corrected chi connectivity index (χ3v) is 6.36. The fourth-order valence-electron chi connectivity index (χ4n) is 3.91. The number of nitrogens with zero attached hydrogens (tertiary/aromatic N) is 5. The third-order valence-electron chi connectivity index (χ3n) is 5.45. The number of thioether (sulfide) groups is 1. The molecule has 4 rings (SSSR count). The summed E-state index contributed by atoms with van der Waals surface area (Å²) in [6.07, 6.45) is 3.90. The van der Waals surface area contributed by atoms with Crippen molar-refractivity contribution in [3.63, 3.8) is 0 Å². The summed E-state index contributed by atoms with van der Waals surface area (Å²) >= 11 is 1.47. The molecule has 7 nitrogen and oxygen atoms in total. The molecule has 2 aliphatic heterocycles. The molecule has 0 radical (unpaired) electrons. The van der Waals surface area contributed by atoms with Gasteiger partial charge in [-0.3, -0.25) is 14.3 Å². The number of para-hydroxylation sites is 1. The van der Waals surface area contributed by atoms with Crippen LogP contribution < -0.4 is 0 Å². The first-order valence-electron chi connectivity index (χ1n) is 10.4. The zero-order valence-electron chi connectivity index (χ0n) is 17.0. The van der Waals surface area contributed by atoms with E-state index in [9.17, 15) is 4.79 Å². The Labute approximate surface area is 176 Å². The number of amides is 1. The Morgan fingerprint density at radius 1 is 1.14 bits per heavy atom. The largest absolute Gasteiger partial charge is 0.375 e. The summed E-state index contributed by atoms with van der Waals surface area (Å²) in [4.78, 5) is 17.0. The second kappa shape index (κ2) is 9.73. The van der Waals surface area contributed by atoms with E-state index in [0.29, 0.717) is 25.4 Å². The molecule has 2 aliphatic rings. The number of ether oxygens (including phenoxy) is 1. The molecule has 0 saturated carbocycles. The lowest BCUT2D eigenvalue weighted by Crippen LogP contribution is -2.45. The molecule has 0 spiro atoms. The van der Waals surface area contributed by atoms with E-state index in [1.807, 2.05) is 30.0 Å². The highest BCUT2D eigenvalue weighted by molar-refractivity contribution is 7.99. The molecule has 1 atom stereocenters. The quantitative estimate of drug-likeness (QED) is 0.676. The fourth-order valence-corrected chi connectivity index (χ4v) is 4.79. The lowest BCUT2D eigenvalue weighted by molar-refractivity contribution is -0.135. The van der Waals surface area contributed by atoms with Crippen LogP contribution in [0.25, 0.3) is 5.69 Å². The Morgan fingerprint density at radius 2 is 1.93 bits per heavy atom.